The van der Waals surface area contributed by atoms with Gasteiger partial charge in [-0.15, -0.1) is 0 Å². The van der Waals surface area contributed by atoms with Gasteiger partial charge in [0.25, 0.3) is 0 Å². The van der Waals surface area contributed by atoms with Gasteiger partial charge in [-0.3, -0.25) is 14.7 Å². The molecule has 2 heterocycles. The van der Waals surface area contributed by atoms with Crippen molar-refractivity contribution >= 4 is 11.7 Å². The molecule has 0 spiro atoms. The number of pyridine rings is 1. The maximum atomic E-state index is 11.8. The van der Waals surface area contributed by atoms with Crippen LogP contribution in [0.4, 0.5) is 5.69 Å². The van der Waals surface area contributed by atoms with Crippen LogP contribution in [0, 0.1) is 0 Å². The molecule has 2 aromatic rings. The van der Waals surface area contributed by atoms with E-state index in [0.717, 1.165) is 39.1 Å². The third-order valence-electron chi connectivity index (χ3n) is 4.23. The maximum absolute atomic E-state index is 11.8. The number of hydrogen-bond acceptors (Lipinski definition) is 5. The molecule has 3 rings (SSSR count). The largest absolute Gasteiger partial charge is 0.427 e. The van der Waals surface area contributed by atoms with Crippen molar-refractivity contribution in [1.29, 1.82) is 0 Å². The van der Waals surface area contributed by atoms with Crippen LogP contribution in [-0.2, 0) is 4.79 Å². The van der Waals surface area contributed by atoms with Gasteiger partial charge in [0.2, 0.25) is 0 Å². The second-order valence-corrected chi connectivity index (χ2v) is 5.92. The summed E-state index contributed by atoms with van der Waals surface area (Å²) in [6, 6.07) is 13.3. The number of esters is 1. The summed E-state index contributed by atoms with van der Waals surface area (Å²) in [7, 11) is 0. The first-order chi connectivity index (χ1) is 11.8. The van der Waals surface area contributed by atoms with Gasteiger partial charge in [-0.05, 0) is 37.2 Å². The molecule has 5 nitrogen and oxygen atoms in total. The Morgan fingerprint density at radius 2 is 1.71 bits per heavy atom. The number of ether oxygens (including phenoxy) is 1. The molecule has 126 valence electrons. The number of aromatic nitrogens is 1. The molecule has 0 unspecified atom stereocenters. The zero-order chi connectivity index (χ0) is 16.6. The molecule has 0 aliphatic carbocycles. The van der Waals surface area contributed by atoms with E-state index in [1.54, 1.807) is 12.1 Å². The van der Waals surface area contributed by atoms with Gasteiger partial charge in [-0.25, -0.2) is 0 Å². The summed E-state index contributed by atoms with van der Waals surface area (Å²) in [6.07, 6.45) is 4.96. The summed E-state index contributed by atoms with van der Waals surface area (Å²) in [5, 5.41) is 0. The summed E-state index contributed by atoms with van der Waals surface area (Å²) in [5.74, 6) is 0.463. The van der Waals surface area contributed by atoms with Crippen LogP contribution in [0.15, 0.2) is 54.9 Å². The van der Waals surface area contributed by atoms with Crippen molar-refractivity contribution < 1.29 is 9.53 Å². The maximum Gasteiger partial charge on any atom is 0.311 e. The van der Waals surface area contributed by atoms with Crippen molar-refractivity contribution in [2.24, 2.45) is 0 Å². The summed E-state index contributed by atoms with van der Waals surface area (Å²) in [6.45, 7) is 5.01. The van der Waals surface area contributed by atoms with Gasteiger partial charge >= 0.3 is 5.97 Å². The van der Waals surface area contributed by atoms with Crippen LogP contribution < -0.4 is 9.64 Å². The first-order valence-corrected chi connectivity index (χ1v) is 8.44. The Hall–Kier alpha value is -2.40. The summed E-state index contributed by atoms with van der Waals surface area (Å²) < 4.78 is 5.31. The van der Waals surface area contributed by atoms with Crippen LogP contribution in [-0.4, -0.2) is 48.6 Å². The third-order valence-corrected chi connectivity index (χ3v) is 4.23. The Labute approximate surface area is 142 Å². The van der Waals surface area contributed by atoms with Gasteiger partial charge in [0.15, 0.2) is 0 Å². The fraction of sp³-hybridized carbons (Fsp3) is 0.368. The topological polar surface area (TPSA) is 45.7 Å². The molecule has 0 saturated carbocycles. The molecule has 0 atom stereocenters. The van der Waals surface area contributed by atoms with E-state index >= 15 is 0 Å². The molecular weight excluding hydrogens is 302 g/mol. The number of para-hydroxylation sites is 1. The molecular formula is C19H23N3O2. The number of piperazine rings is 1. The van der Waals surface area contributed by atoms with Crippen LogP contribution in [0.1, 0.15) is 12.8 Å². The predicted octanol–water partition coefficient (Wildman–Crippen LogP) is 2.59. The van der Waals surface area contributed by atoms with Gasteiger partial charge in [-0.2, -0.15) is 0 Å². The Balaban J connectivity index is 1.34. The molecule has 1 aromatic heterocycles. The minimum absolute atomic E-state index is 0.156. The summed E-state index contributed by atoms with van der Waals surface area (Å²) in [4.78, 5) is 20.7. The number of carbonyl (C=O) groups is 1. The molecule has 0 radical (unpaired) electrons. The monoisotopic (exact) mass is 325 g/mol. The van der Waals surface area contributed by atoms with Crippen molar-refractivity contribution in [2.45, 2.75) is 12.8 Å². The second kappa shape index (κ2) is 8.45. The number of carbonyl (C=O) groups excluding carboxylic acids is 1. The number of benzene rings is 1. The van der Waals surface area contributed by atoms with E-state index in [4.69, 9.17) is 4.74 Å². The second-order valence-electron chi connectivity index (χ2n) is 5.92. The fourth-order valence-electron chi connectivity index (χ4n) is 2.90. The minimum Gasteiger partial charge on any atom is -0.427 e. The van der Waals surface area contributed by atoms with Gasteiger partial charge < -0.3 is 9.64 Å². The van der Waals surface area contributed by atoms with Crippen LogP contribution >= 0.6 is 0 Å². The molecule has 1 aliphatic heterocycles. The van der Waals surface area contributed by atoms with Gasteiger partial charge in [0.05, 0.1) is 0 Å². The van der Waals surface area contributed by atoms with E-state index in [0.29, 0.717) is 12.2 Å². The van der Waals surface area contributed by atoms with Crippen molar-refractivity contribution in [3.8, 4) is 5.75 Å². The van der Waals surface area contributed by atoms with E-state index in [-0.39, 0.29) is 5.97 Å². The highest BCUT2D eigenvalue weighted by Gasteiger charge is 2.17. The number of anilines is 1. The average Bonchev–Trinajstić information content (AvgIpc) is 2.64. The van der Waals surface area contributed by atoms with Crippen LogP contribution in [0.25, 0.3) is 0 Å². The third kappa shape index (κ3) is 4.80. The van der Waals surface area contributed by atoms with Gasteiger partial charge in [0, 0.05) is 50.7 Å². The molecule has 0 bridgehead atoms. The predicted molar refractivity (Wildman–Crippen MR) is 94.2 cm³/mol. The standard InChI is InChI=1S/C19H23N3O2/c23-19(24-18-5-2-1-3-6-18)7-4-12-21-13-15-22(16-14-21)17-8-10-20-11-9-17/h1-3,5-6,8-11H,4,7,12-16H2. The quantitative estimate of drug-likeness (QED) is 0.603. The first kappa shape index (κ1) is 16.5. The fourth-order valence-corrected chi connectivity index (χ4v) is 2.90. The molecule has 24 heavy (non-hydrogen) atoms. The van der Waals surface area contributed by atoms with E-state index < -0.39 is 0 Å². The molecule has 1 saturated heterocycles. The lowest BCUT2D eigenvalue weighted by Gasteiger charge is -2.36. The van der Waals surface area contributed by atoms with E-state index in [1.165, 1.54) is 5.69 Å². The SMILES string of the molecule is O=C(CCCN1CCN(c2ccncc2)CC1)Oc1ccccc1. The highest BCUT2D eigenvalue weighted by molar-refractivity contribution is 5.72. The highest BCUT2D eigenvalue weighted by atomic mass is 16.5. The van der Waals surface area contributed by atoms with Gasteiger partial charge in [0.1, 0.15) is 5.75 Å². The zero-order valence-electron chi connectivity index (χ0n) is 13.8. The lowest BCUT2D eigenvalue weighted by molar-refractivity contribution is -0.134. The normalized spacial score (nSPS) is 15.2. The summed E-state index contributed by atoms with van der Waals surface area (Å²) in [5.41, 5.74) is 1.23. The Kier molecular flexibility index (Phi) is 5.80. The lowest BCUT2D eigenvalue weighted by atomic mass is 10.2. The van der Waals surface area contributed by atoms with Crippen molar-refractivity contribution in [3.05, 3.63) is 54.9 Å². The molecule has 1 aliphatic rings. The van der Waals surface area contributed by atoms with Crippen LogP contribution in [0.3, 0.4) is 0 Å². The highest BCUT2D eigenvalue weighted by Crippen LogP contribution is 2.15. The number of nitrogens with zero attached hydrogens (tertiary/aromatic N) is 3. The molecule has 1 aromatic carbocycles. The zero-order valence-corrected chi connectivity index (χ0v) is 13.8. The molecule has 1 fully saturated rings. The van der Waals surface area contributed by atoms with Crippen molar-refractivity contribution in [1.82, 2.24) is 9.88 Å². The molecule has 0 N–H and O–H groups in total. The average molecular weight is 325 g/mol. The van der Waals surface area contributed by atoms with E-state index in [1.807, 2.05) is 30.6 Å². The van der Waals surface area contributed by atoms with Gasteiger partial charge in [-0.1, -0.05) is 18.2 Å². The van der Waals surface area contributed by atoms with Crippen molar-refractivity contribution in [3.63, 3.8) is 0 Å². The number of hydrogen-bond donors (Lipinski definition) is 0. The Bertz CT molecular complexity index is 626. The first-order valence-electron chi connectivity index (χ1n) is 8.44. The smallest absolute Gasteiger partial charge is 0.311 e. The van der Waals surface area contributed by atoms with E-state index in [9.17, 15) is 4.79 Å². The van der Waals surface area contributed by atoms with Crippen LogP contribution in [0.5, 0.6) is 5.75 Å². The Morgan fingerprint density at radius 1 is 1.00 bits per heavy atom. The minimum atomic E-state index is -0.156. The Morgan fingerprint density at radius 3 is 2.42 bits per heavy atom. The van der Waals surface area contributed by atoms with Crippen molar-refractivity contribution in [2.75, 3.05) is 37.6 Å². The summed E-state index contributed by atoms with van der Waals surface area (Å²) >= 11 is 0. The number of rotatable bonds is 6. The lowest BCUT2D eigenvalue weighted by Crippen LogP contribution is -2.46. The molecule has 5 heteroatoms. The van der Waals surface area contributed by atoms with E-state index in [2.05, 4.69) is 26.9 Å². The van der Waals surface area contributed by atoms with Crippen LogP contribution in [0.2, 0.25) is 0 Å². The molecule has 0 amide bonds.